The van der Waals surface area contributed by atoms with E-state index in [9.17, 15) is 29.4 Å². The van der Waals surface area contributed by atoms with Crippen LogP contribution in [0, 0.1) is 0 Å². The lowest BCUT2D eigenvalue weighted by molar-refractivity contribution is -0.143. The molecule has 0 bridgehead atoms. The Morgan fingerprint density at radius 3 is 2.34 bits per heavy atom. The highest BCUT2D eigenvalue weighted by atomic mass is 33.1. The molecule has 2 aromatic carbocycles. The zero-order chi connectivity index (χ0) is 27.9. The average molecular weight is 561 g/mol. The van der Waals surface area contributed by atoms with Crippen LogP contribution in [0.5, 0.6) is 5.75 Å². The molecule has 0 spiro atoms. The summed E-state index contributed by atoms with van der Waals surface area (Å²) in [6.45, 7) is 3.40. The number of rotatable bonds is 7. The number of nitrogens with two attached hydrogens (primary N) is 1. The Balaban J connectivity index is 1.81. The van der Waals surface area contributed by atoms with E-state index in [1.54, 1.807) is 50.2 Å². The van der Waals surface area contributed by atoms with Gasteiger partial charge in [-0.25, -0.2) is 4.79 Å². The van der Waals surface area contributed by atoms with Gasteiger partial charge in [0, 0.05) is 12.2 Å². The number of hydrogen-bond donors (Lipinski definition) is 6. The van der Waals surface area contributed by atoms with Gasteiger partial charge in [0.25, 0.3) is 0 Å². The van der Waals surface area contributed by atoms with Gasteiger partial charge in [0.15, 0.2) is 0 Å². The molecule has 1 fully saturated rings. The Bertz CT molecular complexity index is 1150. The fourth-order valence-electron chi connectivity index (χ4n) is 3.85. The van der Waals surface area contributed by atoms with Gasteiger partial charge >= 0.3 is 5.97 Å². The fraction of sp³-hybridized carbons (Fsp3) is 0.385. The zero-order valence-corrected chi connectivity index (χ0v) is 22.7. The summed E-state index contributed by atoms with van der Waals surface area (Å²) in [5, 5.41) is 27.3. The number of hydrogen-bond acceptors (Lipinski definition) is 8. The minimum absolute atomic E-state index is 0.0950. The van der Waals surface area contributed by atoms with Gasteiger partial charge < -0.3 is 31.9 Å². The molecule has 10 nitrogen and oxygen atoms in total. The van der Waals surface area contributed by atoms with E-state index in [-0.39, 0.29) is 24.3 Å². The fourth-order valence-corrected chi connectivity index (χ4v) is 6.66. The second-order valence-electron chi connectivity index (χ2n) is 9.54. The predicted molar refractivity (Wildman–Crippen MR) is 147 cm³/mol. The van der Waals surface area contributed by atoms with Crippen molar-refractivity contribution in [3.05, 3.63) is 65.7 Å². The third kappa shape index (κ3) is 8.14. The Labute approximate surface area is 228 Å². The lowest BCUT2D eigenvalue weighted by Crippen LogP contribution is -2.59. The highest BCUT2D eigenvalue weighted by molar-refractivity contribution is 8.77. The van der Waals surface area contributed by atoms with Crippen molar-refractivity contribution in [3.8, 4) is 5.75 Å². The molecule has 4 atom stereocenters. The molecular weight excluding hydrogens is 528 g/mol. The van der Waals surface area contributed by atoms with Gasteiger partial charge in [0.05, 0.1) is 10.8 Å². The van der Waals surface area contributed by atoms with Crippen LogP contribution in [-0.4, -0.2) is 68.6 Å². The van der Waals surface area contributed by atoms with Crippen molar-refractivity contribution >= 4 is 45.3 Å². The van der Waals surface area contributed by atoms with Crippen LogP contribution >= 0.6 is 21.6 Å². The first-order valence-corrected chi connectivity index (χ1v) is 14.3. The first kappa shape index (κ1) is 29.3. The summed E-state index contributed by atoms with van der Waals surface area (Å²) in [7, 11) is 2.43. The minimum Gasteiger partial charge on any atom is -0.508 e. The van der Waals surface area contributed by atoms with Crippen molar-refractivity contribution in [3.63, 3.8) is 0 Å². The molecule has 38 heavy (non-hydrogen) atoms. The van der Waals surface area contributed by atoms with Gasteiger partial charge in [-0.1, -0.05) is 64.1 Å². The summed E-state index contributed by atoms with van der Waals surface area (Å²) >= 11 is 0. The molecule has 3 rings (SSSR count). The van der Waals surface area contributed by atoms with Gasteiger partial charge in [-0.2, -0.15) is 0 Å². The molecular formula is C26H32N4O6S2. The molecule has 12 heteroatoms. The summed E-state index contributed by atoms with van der Waals surface area (Å²) < 4.78 is -0.930. The number of amides is 3. The topological polar surface area (TPSA) is 171 Å². The summed E-state index contributed by atoms with van der Waals surface area (Å²) in [5.74, 6) is -2.74. The van der Waals surface area contributed by atoms with Gasteiger partial charge in [-0.3, -0.25) is 14.4 Å². The maximum atomic E-state index is 13.3. The van der Waals surface area contributed by atoms with Gasteiger partial charge in [0.1, 0.15) is 23.9 Å². The number of carboxylic acid groups (broad SMARTS) is 1. The molecule has 1 aliphatic heterocycles. The number of aromatic hydroxyl groups is 1. The number of carbonyl (C=O) groups is 4. The predicted octanol–water partition coefficient (Wildman–Crippen LogP) is 1.22. The molecule has 0 radical (unpaired) electrons. The van der Waals surface area contributed by atoms with Crippen LogP contribution in [0.2, 0.25) is 0 Å². The van der Waals surface area contributed by atoms with Crippen LogP contribution in [0.15, 0.2) is 54.6 Å². The Morgan fingerprint density at radius 1 is 1.05 bits per heavy atom. The lowest BCUT2D eigenvalue weighted by Gasteiger charge is -2.31. The van der Waals surface area contributed by atoms with Gasteiger partial charge in [-0.15, -0.1) is 0 Å². The van der Waals surface area contributed by atoms with Crippen LogP contribution in [-0.2, 0) is 32.0 Å². The zero-order valence-electron chi connectivity index (χ0n) is 21.0. The third-order valence-electron chi connectivity index (χ3n) is 6.01. The number of carboxylic acids is 1. The van der Waals surface area contributed by atoms with Gasteiger partial charge in [0.2, 0.25) is 17.7 Å². The monoisotopic (exact) mass is 560 g/mol. The molecule has 204 valence electrons. The maximum Gasteiger partial charge on any atom is 0.327 e. The molecule has 1 unspecified atom stereocenters. The second-order valence-corrected chi connectivity index (χ2v) is 12.5. The first-order chi connectivity index (χ1) is 18.0. The van der Waals surface area contributed by atoms with Crippen molar-refractivity contribution < 1.29 is 29.4 Å². The average Bonchev–Trinajstić information content (AvgIpc) is 2.88. The van der Waals surface area contributed by atoms with E-state index in [0.29, 0.717) is 0 Å². The van der Waals surface area contributed by atoms with E-state index in [1.807, 2.05) is 6.07 Å². The molecule has 0 saturated carbocycles. The maximum absolute atomic E-state index is 13.3. The Morgan fingerprint density at radius 2 is 1.71 bits per heavy atom. The molecule has 0 aliphatic carbocycles. The highest BCUT2D eigenvalue weighted by Crippen LogP contribution is 2.39. The SMILES string of the molecule is CC1(C)SSC[C@@H](NC(=O)[C@@H](N)Cc2ccc(O)cc2)C(=O)NC(Cc2ccccc2)C(=O)N[C@@H]1C(=O)O. The summed E-state index contributed by atoms with van der Waals surface area (Å²) in [6, 6.07) is 11.1. The Kier molecular flexibility index (Phi) is 10.1. The van der Waals surface area contributed by atoms with Crippen LogP contribution in [0.3, 0.4) is 0 Å². The molecule has 2 aromatic rings. The largest absolute Gasteiger partial charge is 0.508 e. The summed E-state index contributed by atoms with van der Waals surface area (Å²) in [6.07, 6.45) is 0.321. The molecule has 0 aromatic heterocycles. The van der Waals surface area contributed by atoms with E-state index in [1.165, 1.54) is 33.7 Å². The quantitative estimate of drug-likeness (QED) is 0.272. The van der Waals surface area contributed by atoms with Crippen molar-refractivity contribution in [2.45, 2.75) is 55.6 Å². The van der Waals surface area contributed by atoms with Crippen molar-refractivity contribution in [1.29, 1.82) is 0 Å². The number of phenolic OH excluding ortho intramolecular Hbond substituents is 1. The van der Waals surface area contributed by atoms with Crippen LogP contribution in [0.4, 0.5) is 0 Å². The molecule has 1 saturated heterocycles. The summed E-state index contributed by atoms with van der Waals surface area (Å²) in [4.78, 5) is 51.5. The van der Waals surface area contributed by atoms with E-state index >= 15 is 0 Å². The van der Waals surface area contributed by atoms with E-state index < -0.39 is 52.6 Å². The normalized spacial score (nSPS) is 22.8. The molecule has 7 N–H and O–H groups in total. The number of phenols is 1. The van der Waals surface area contributed by atoms with E-state index in [4.69, 9.17) is 5.73 Å². The second kappa shape index (κ2) is 13.0. The van der Waals surface area contributed by atoms with Crippen molar-refractivity contribution in [2.75, 3.05) is 5.75 Å². The minimum atomic E-state index is -1.22. The number of carbonyl (C=O) groups excluding carboxylic acids is 3. The smallest absolute Gasteiger partial charge is 0.327 e. The first-order valence-electron chi connectivity index (χ1n) is 12.0. The van der Waals surface area contributed by atoms with Crippen molar-refractivity contribution in [1.82, 2.24) is 16.0 Å². The lowest BCUT2D eigenvalue weighted by atomic mass is 10.0. The molecule has 3 amide bonds. The molecule has 1 heterocycles. The van der Waals surface area contributed by atoms with Crippen LogP contribution in [0.25, 0.3) is 0 Å². The van der Waals surface area contributed by atoms with E-state index in [2.05, 4.69) is 16.0 Å². The van der Waals surface area contributed by atoms with E-state index in [0.717, 1.165) is 11.1 Å². The van der Waals surface area contributed by atoms with Crippen LogP contribution < -0.4 is 21.7 Å². The highest BCUT2D eigenvalue weighted by Gasteiger charge is 2.40. The third-order valence-corrected chi connectivity index (χ3v) is 9.32. The number of benzene rings is 2. The summed E-state index contributed by atoms with van der Waals surface area (Å²) in [5.41, 5.74) is 7.61. The van der Waals surface area contributed by atoms with Crippen molar-refractivity contribution in [2.24, 2.45) is 5.73 Å². The van der Waals surface area contributed by atoms with Gasteiger partial charge in [-0.05, 0) is 43.5 Å². The van der Waals surface area contributed by atoms with Crippen LogP contribution in [0.1, 0.15) is 25.0 Å². The number of nitrogens with one attached hydrogen (secondary N) is 3. The number of aliphatic carboxylic acids is 1. The standard InChI is InChI=1S/C26H32N4O6S2/c1-26(2)21(25(35)36)30-23(33)19(13-15-6-4-3-5-7-15)28-24(34)20(14-37-38-26)29-22(32)18(27)12-16-8-10-17(31)11-9-16/h3-11,18-21,31H,12-14,27H2,1-2H3,(H,28,34)(H,29,32)(H,30,33)(H,35,36)/t18-,19?,20+,21+/m0/s1. The molecule has 1 aliphatic rings. The Hall–Kier alpha value is -3.22.